The number of hydrogen-bond acceptors (Lipinski definition) is 4. The fourth-order valence-electron chi connectivity index (χ4n) is 3.37. The fourth-order valence-corrected chi connectivity index (χ4v) is 4.23. The highest BCUT2D eigenvalue weighted by Crippen LogP contribution is 2.29. The zero-order valence-corrected chi connectivity index (χ0v) is 18.2. The van der Waals surface area contributed by atoms with Gasteiger partial charge in [0.2, 0.25) is 5.91 Å². The summed E-state index contributed by atoms with van der Waals surface area (Å²) >= 11 is 1.81. The Morgan fingerprint density at radius 2 is 2.07 bits per heavy atom. The highest BCUT2D eigenvalue weighted by atomic mass is 32.1. The van der Waals surface area contributed by atoms with Crippen molar-refractivity contribution in [3.8, 4) is 0 Å². The second-order valence-corrected chi connectivity index (χ2v) is 9.00. The number of thiophene rings is 1. The molecule has 0 bridgehead atoms. The minimum Gasteiger partial charge on any atom is -0.359 e. The molecule has 1 aromatic rings. The van der Waals surface area contributed by atoms with Crippen molar-refractivity contribution in [2.45, 2.75) is 39.7 Å². The summed E-state index contributed by atoms with van der Waals surface area (Å²) in [5.41, 5.74) is -0.497. The van der Waals surface area contributed by atoms with E-state index < -0.39 is 5.41 Å². The molecule has 1 fully saturated rings. The molecule has 0 spiro atoms. The maximum atomic E-state index is 12.0. The van der Waals surface area contributed by atoms with Crippen molar-refractivity contribution < 1.29 is 4.79 Å². The number of carbonyl (C=O) groups excluding carboxylic acids is 1. The molecule has 0 radical (unpaired) electrons. The van der Waals surface area contributed by atoms with Crippen LogP contribution in [0.25, 0.3) is 0 Å². The van der Waals surface area contributed by atoms with Gasteiger partial charge in [-0.25, -0.2) is 0 Å². The van der Waals surface area contributed by atoms with E-state index in [2.05, 4.69) is 50.3 Å². The van der Waals surface area contributed by atoms with E-state index in [1.807, 2.05) is 25.2 Å². The molecule has 0 aromatic carbocycles. The van der Waals surface area contributed by atoms with Gasteiger partial charge in [-0.05, 0) is 57.1 Å². The predicted molar refractivity (Wildman–Crippen MR) is 114 cm³/mol. The first-order chi connectivity index (χ1) is 12.9. The van der Waals surface area contributed by atoms with Gasteiger partial charge in [0.15, 0.2) is 5.96 Å². The van der Waals surface area contributed by atoms with Crippen LogP contribution in [0.4, 0.5) is 0 Å². The van der Waals surface area contributed by atoms with Crippen molar-refractivity contribution in [3.63, 3.8) is 0 Å². The number of nitrogens with one attached hydrogen (secondary N) is 3. The zero-order valence-electron chi connectivity index (χ0n) is 17.3. The molecule has 1 aliphatic rings. The van der Waals surface area contributed by atoms with Gasteiger partial charge in [-0.3, -0.25) is 14.7 Å². The first-order valence-corrected chi connectivity index (χ1v) is 10.7. The molecule has 27 heavy (non-hydrogen) atoms. The highest BCUT2D eigenvalue weighted by Gasteiger charge is 2.28. The number of carbonyl (C=O) groups is 1. The third-order valence-corrected chi connectivity index (χ3v) is 6.33. The van der Waals surface area contributed by atoms with Gasteiger partial charge in [0.25, 0.3) is 0 Å². The topological polar surface area (TPSA) is 68.8 Å². The molecule has 2 rings (SSSR count). The molecule has 0 aliphatic carbocycles. The average molecular weight is 394 g/mol. The summed E-state index contributed by atoms with van der Waals surface area (Å²) in [6.07, 6.45) is 2.52. The molecule has 3 N–H and O–H groups in total. The SMILES string of the molecule is CN=C(NCC(c1cccs1)N1CCC(C)CC1)NCC(C)(C)C(=O)NC. The smallest absolute Gasteiger partial charge is 0.227 e. The maximum Gasteiger partial charge on any atom is 0.227 e. The predicted octanol–water partition coefficient (Wildman–Crippen LogP) is 2.46. The van der Waals surface area contributed by atoms with Gasteiger partial charge in [0.05, 0.1) is 11.5 Å². The molecule has 1 aliphatic heterocycles. The Morgan fingerprint density at radius 3 is 2.63 bits per heavy atom. The van der Waals surface area contributed by atoms with Crippen LogP contribution in [-0.2, 0) is 4.79 Å². The van der Waals surface area contributed by atoms with Crippen molar-refractivity contribution >= 4 is 23.2 Å². The summed E-state index contributed by atoms with van der Waals surface area (Å²) in [6.45, 7) is 9.80. The van der Waals surface area contributed by atoms with Crippen molar-refractivity contribution in [1.29, 1.82) is 0 Å². The van der Waals surface area contributed by atoms with Crippen LogP contribution >= 0.6 is 11.3 Å². The van der Waals surface area contributed by atoms with Gasteiger partial charge < -0.3 is 16.0 Å². The Labute approximate surface area is 167 Å². The Balaban J connectivity index is 1.95. The normalized spacial score (nSPS) is 18.2. The second-order valence-electron chi connectivity index (χ2n) is 8.02. The minimum absolute atomic E-state index is 0.0179. The Kier molecular flexibility index (Phi) is 8.10. The van der Waals surface area contributed by atoms with Gasteiger partial charge in [0, 0.05) is 32.1 Å². The lowest BCUT2D eigenvalue weighted by Gasteiger charge is -2.36. The van der Waals surface area contributed by atoms with Crippen LogP contribution in [0.5, 0.6) is 0 Å². The molecule has 152 valence electrons. The second kappa shape index (κ2) is 10.1. The van der Waals surface area contributed by atoms with Crippen LogP contribution in [0.3, 0.4) is 0 Å². The van der Waals surface area contributed by atoms with Crippen LogP contribution in [0, 0.1) is 11.3 Å². The van der Waals surface area contributed by atoms with Gasteiger partial charge in [-0.2, -0.15) is 0 Å². The van der Waals surface area contributed by atoms with Gasteiger partial charge in [-0.1, -0.05) is 13.0 Å². The fraction of sp³-hybridized carbons (Fsp3) is 0.700. The van der Waals surface area contributed by atoms with Gasteiger partial charge in [0.1, 0.15) is 0 Å². The van der Waals surface area contributed by atoms with Crippen molar-refractivity contribution in [2.75, 3.05) is 40.3 Å². The van der Waals surface area contributed by atoms with Crippen LogP contribution in [0.15, 0.2) is 22.5 Å². The van der Waals surface area contributed by atoms with E-state index in [9.17, 15) is 4.79 Å². The first kappa shape index (κ1) is 21.7. The summed E-state index contributed by atoms with van der Waals surface area (Å²) in [7, 11) is 3.44. The van der Waals surface area contributed by atoms with Crippen LogP contribution in [-0.4, -0.2) is 57.0 Å². The summed E-state index contributed by atoms with van der Waals surface area (Å²) in [5.74, 6) is 1.57. The monoisotopic (exact) mass is 393 g/mol. The number of piperidine rings is 1. The lowest BCUT2D eigenvalue weighted by molar-refractivity contribution is -0.128. The number of likely N-dealkylation sites (tertiary alicyclic amines) is 1. The van der Waals surface area contributed by atoms with E-state index in [-0.39, 0.29) is 5.91 Å². The Morgan fingerprint density at radius 1 is 1.37 bits per heavy atom. The van der Waals surface area contributed by atoms with Crippen molar-refractivity contribution in [3.05, 3.63) is 22.4 Å². The average Bonchev–Trinajstić information content (AvgIpc) is 3.19. The largest absolute Gasteiger partial charge is 0.359 e. The van der Waals surface area contributed by atoms with E-state index in [0.717, 1.165) is 31.5 Å². The van der Waals surface area contributed by atoms with Crippen molar-refractivity contribution in [2.24, 2.45) is 16.3 Å². The molecular weight excluding hydrogens is 358 g/mol. The molecule has 2 heterocycles. The molecule has 0 saturated carbocycles. The molecule has 1 saturated heterocycles. The Hall–Kier alpha value is -1.60. The van der Waals surface area contributed by atoms with Gasteiger partial charge >= 0.3 is 0 Å². The quantitative estimate of drug-likeness (QED) is 0.492. The molecular formula is C20H35N5OS. The third kappa shape index (κ3) is 6.21. The van der Waals surface area contributed by atoms with E-state index in [4.69, 9.17) is 0 Å². The molecule has 1 unspecified atom stereocenters. The van der Waals surface area contributed by atoms with E-state index in [1.54, 1.807) is 14.1 Å². The summed E-state index contributed by atoms with van der Waals surface area (Å²) in [6, 6.07) is 4.70. The zero-order chi connectivity index (χ0) is 19.9. The summed E-state index contributed by atoms with van der Waals surface area (Å²) in [5, 5.41) is 11.6. The summed E-state index contributed by atoms with van der Waals surface area (Å²) < 4.78 is 0. The lowest BCUT2D eigenvalue weighted by Crippen LogP contribution is -2.49. The lowest BCUT2D eigenvalue weighted by atomic mass is 9.92. The number of aliphatic imine (C=N–C) groups is 1. The van der Waals surface area contributed by atoms with Gasteiger partial charge in [-0.15, -0.1) is 11.3 Å². The number of rotatable bonds is 7. The minimum atomic E-state index is -0.497. The third-order valence-electron chi connectivity index (χ3n) is 5.36. The molecule has 6 nitrogen and oxygen atoms in total. The van der Waals surface area contributed by atoms with Crippen LogP contribution in [0.1, 0.15) is 44.5 Å². The molecule has 7 heteroatoms. The number of amides is 1. The number of hydrogen-bond donors (Lipinski definition) is 3. The summed E-state index contributed by atoms with van der Waals surface area (Å²) in [4.78, 5) is 20.3. The van der Waals surface area contributed by atoms with Crippen LogP contribution in [0.2, 0.25) is 0 Å². The van der Waals surface area contributed by atoms with Crippen molar-refractivity contribution in [1.82, 2.24) is 20.9 Å². The standard InChI is InChI=1S/C20H35N5OS/c1-15-8-10-25(11-9-15)16(17-7-6-12-27-17)13-23-19(22-5)24-14-20(2,3)18(26)21-4/h6-7,12,15-16H,8-11,13-14H2,1-5H3,(H,21,26)(H2,22,23,24). The van der Waals surface area contributed by atoms with E-state index >= 15 is 0 Å². The first-order valence-electron chi connectivity index (χ1n) is 9.81. The highest BCUT2D eigenvalue weighted by molar-refractivity contribution is 7.10. The van der Waals surface area contributed by atoms with E-state index in [0.29, 0.717) is 12.6 Å². The Bertz CT molecular complexity index is 606. The number of guanidine groups is 1. The maximum absolute atomic E-state index is 12.0. The molecule has 1 amide bonds. The molecule has 1 atom stereocenters. The van der Waals surface area contributed by atoms with Crippen LogP contribution < -0.4 is 16.0 Å². The molecule has 1 aromatic heterocycles. The number of nitrogens with zero attached hydrogens (tertiary/aromatic N) is 2. The van der Waals surface area contributed by atoms with E-state index in [1.165, 1.54) is 17.7 Å².